The number of rotatable bonds is 4. The van der Waals surface area contributed by atoms with Crippen molar-refractivity contribution in [2.24, 2.45) is 9.98 Å². The summed E-state index contributed by atoms with van der Waals surface area (Å²) in [6, 6.07) is 15.4. The zero-order valence-corrected chi connectivity index (χ0v) is 13.6. The maximum atomic E-state index is 9.81. The highest BCUT2D eigenvalue weighted by Crippen LogP contribution is 2.29. The summed E-state index contributed by atoms with van der Waals surface area (Å²) in [5.74, 6) is 0.0410. The van der Waals surface area contributed by atoms with Gasteiger partial charge in [0.25, 0.3) is 0 Å². The zero-order valence-electron chi connectivity index (χ0n) is 13.6. The molecule has 0 aliphatic carbocycles. The van der Waals surface area contributed by atoms with Gasteiger partial charge in [-0.05, 0) is 48.5 Å². The second-order valence-electron chi connectivity index (χ2n) is 5.49. The molecule has 0 atom stereocenters. The summed E-state index contributed by atoms with van der Waals surface area (Å²) in [4.78, 5) is 8.62. The molecule has 0 saturated heterocycles. The Morgan fingerprint density at radius 3 is 1.42 bits per heavy atom. The molecule has 0 radical (unpaired) electrons. The lowest BCUT2D eigenvalue weighted by Crippen LogP contribution is -1.83. The Balaban J connectivity index is 1.91. The van der Waals surface area contributed by atoms with Crippen LogP contribution in [0.25, 0.3) is 0 Å². The molecule has 3 aromatic rings. The van der Waals surface area contributed by atoms with E-state index in [-0.39, 0.29) is 23.0 Å². The number of phenols is 4. The fraction of sp³-hybridized carbons (Fsp3) is 0. The Bertz CT molecular complexity index is 916. The van der Waals surface area contributed by atoms with Gasteiger partial charge in [-0.15, -0.1) is 0 Å². The maximum absolute atomic E-state index is 9.81. The number of benzene rings is 3. The molecule has 0 saturated carbocycles. The van der Waals surface area contributed by atoms with Crippen molar-refractivity contribution in [3.63, 3.8) is 0 Å². The molecule has 0 aliphatic rings. The average molecular weight is 348 g/mol. The second-order valence-corrected chi connectivity index (χ2v) is 5.49. The van der Waals surface area contributed by atoms with E-state index in [0.717, 1.165) is 0 Å². The molecular formula is C20H16N2O4. The van der Waals surface area contributed by atoms with E-state index < -0.39 is 0 Å². The van der Waals surface area contributed by atoms with Gasteiger partial charge in [-0.1, -0.05) is 12.1 Å². The number of phenolic OH excluding ortho intramolecular Hbond substituents is 4. The van der Waals surface area contributed by atoms with Gasteiger partial charge in [0, 0.05) is 23.6 Å². The molecule has 0 spiro atoms. The van der Waals surface area contributed by atoms with Crippen molar-refractivity contribution in [1.82, 2.24) is 0 Å². The summed E-state index contributed by atoms with van der Waals surface area (Å²) in [7, 11) is 0. The highest BCUT2D eigenvalue weighted by atomic mass is 16.3. The normalized spacial score (nSPS) is 11.4. The van der Waals surface area contributed by atoms with Crippen LogP contribution in [0.15, 0.2) is 70.6 Å². The standard InChI is InChI=1S/C20H16N2O4/c23-15-5-7-19(25)13(9-15)11-21-17-3-1-2-4-18(17)22-12-14-10-16(24)6-8-20(14)26/h1-12,23-26H. The van der Waals surface area contributed by atoms with Crippen LogP contribution in [-0.4, -0.2) is 32.9 Å². The Hall–Kier alpha value is -3.80. The fourth-order valence-electron chi connectivity index (χ4n) is 2.25. The Morgan fingerprint density at radius 1 is 0.577 bits per heavy atom. The van der Waals surface area contributed by atoms with Crippen molar-refractivity contribution in [2.75, 3.05) is 0 Å². The van der Waals surface area contributed by atoms with Crippen LogP contribution >= 0.6 is 0 Å². The van der Waals surface area contributed by atoms with E-state index in [2.05, 4.69) is 9.98 Å². The van der Waals surface area contributed by atoms with Gasteiger partial charge < -0.3 is 20.4 Å². The van der Waals surface area contributed by atoms with E-state index in [9.17, 15) is 20.4 Å². The zero-order chi connectivity index (χ0) is 18.5. The minimum Gasteiger partial charge on any atom is -0.508 e. The van der Waals surface area contributed by atoms with E-state index in [0.29, 0.717) is 22.5 Å². The minimum atomic E-state index is -0.00258. The summed E-state index contributed by atoms with van der Waals surface area (Å²) in [5, 5.41) is 38.6. The first-order valence-corrected chi connectivity index (χ1v) is 7.74. The molecule has 0 aromatic heterocycles. The van der Waals surface area contributed by atoms with Crippen molar-refractivity contribution in [1.29, 1.82) is 0 Å². The third-order valence-corrected chi connectivity index (χ3v) is 3.59. The molecule has 0 bridgehead atoms. The number of aromatic hydroxyl groups is 4. The number of hydrogen-bond donors (Lipinski definition) is 4. The van der Waals surface area contributed by atoms with Crippen LogP contribution < -0.4 is 0 Å². The van der Waals surface area contributed by atoms with E-state index >= 15 is 0 Å². The average Bonchev–Trinajstić information content (AvgIpc) is 2.64. The van der Waals surface area contributed by atoms with Crippen LogP contribution in [0, 0.1) is 0 Å². The molecule has 0 unspecified atom stereocenters. The van der Waals surface area contributed by atoms with Gasteiger partial charge in [-0.25, -0.2) is 0 Å². The van der Waals surface area contributed by atoms with Gasteiger partial charge >= 0.3 is 0 Å². The molecule has 6 nitrogen and oxygen atoms in total. The second kappa shape index (κ2) is 7.40. The molecular weight excluding hydrogens is 332 g/mol. The van der Waals surface area contributed by atoms with Crippen LogP contribution in [0.3, 0.4) is 0 Å². The predicted molar refractivity (Wildman–Crippen MR) is 100 cm³/mol. The summed E-state index contributed by atoms with van der Waals surface area (Å²) < 4.78 is 0. The van der Waals surface area contributed by atoms with Crippen LogP contribution in [0.5, 0.6) is 23.0 Å². The highest BCUT2D eigenvalue weighted by molar-refractivity contribution is 5.89. The van der Waals surface area contributed by atoms with Crippen molar-refractivity contribution < 1.29 is 20.4 Å². The Labute approximate surface area is 149 Å². The SMILES string of the molecule is Oc1ccc(O)c(C=Nc2ccccc2N=Cc2cc(O)ccc2O)c1. The third-order valence-electron chi connectivity index (χ3n) is 3.59. The summed E-state index contributed by atoms with van der Waals surface area (Å²) in [6.07, 6.45) is 2.85. The summed E-state index contributed by atoms with van der Waals surface area (Å²) >= 11 is 0. The molecule has 0 fully saturated rings. The lowest BCUT2D eigenvalue weighted by Gasteiger charge is -2.03. The van der Waals surface area contributed by atoms with Crippen LogP contribution in [0.4, 0.5) is 11.4 Å². The van der Waals surface area contributed by atoms with Gasteiger partial charge in [0.2, 0.25) is 0 Å². The van der Waals surface area contributed by atoms with Crippen molar-refractivity contribution in [2.45, 2.75) is 0 Å². The quantitative estimate of drug-likeness (QED) is 0.422. The molecule has 4 N–H and O–H groups in total. The summed E-state index contributed by atoms with van der Waals surface area (Å²) in [5.41, 5.74) is 1.81. The first-order valence-electron chi connectivity index (χ1n) is 7.74. The number of aliphatic imine (C=N–C) groups is 2. The number of hydrogen-bond acceptors (Lipinski definition) is 6. The third kappa shape index (κ3) is 3.99. The monoisotopic (exact) mass is 348 g/mol. The molecule has 0 heterocycles. The van der Waals surface area contributed by atoms with E-state index in [1.807, 2.05) is 0 Å². The van der Waals surface area contributed by atoms with Gasteiger partial charge in [0.1, 0.15) is 23.0 Å². The lowest BCUT2D eigenvalue weighted by molar-refractivity contribution is 0.459. The van der Waals surface area contributed by atoms with Crippen molar-refractivity contribution >= 4 is 23.8 Å². The summed E-state index contributed by atoms with van der Waals surface area (Å²) in [6.45, 7) is 0. The van der Waals surface area contributed by atoms with Crippen molar-refractivity contribution in [3.8, 4) is 23.0 Å². The highest BCUT2D eigenvalue weighted by Gasteiger charge is 2.03. The van der Waals surface area contributed by atoms with Gasteiger partial charge in [0.15, 0.2) is 0 Å². The predicted octanol–water partition coefficient (Wildman–Crippen LogP) is 4.01. The van der Waals surface area contributed by atoms with E-state index in [1.54, 1.807) is 24.3 Å². The van der Waals surface area contributed by atoms with Gasteiger partial charge in [-0.2, -0.15) is 0 Å². The van der Waals surface area contributed by atoms with Crippen molar-refractivity contribution in [3.05, 3.63) is 71.8 Å². The van der Waals surface area contributed by atoms with E-state index in [1.165, 1.54) is 48.8 Å². The fourth-order valence-corrected chi connectivity index (χ4v) is 2.25. The number of para-hydroxylation sites is 2. The topological polar surface area (TPSA) is 106 Å². The molecule has 6 heteroatoms. The molecule has 130 valence electrons. The minimum absolute atomic E-state index is 0.00258. The van der Waals surface area contributed by atoms with Gasteiger partial charge in [0.05, 0.1) is 11.4 Å². The van der Waals surface area contributed by atoms with Crippen LogP contribution in [-0.2, 0) is 0 Å². The Morgan fingerprint density at radius 2 is 1.00 bits per heavy atom. The smallest absolute Gasteiger partial charge is 0.124 e. The van der Waals surface area contributed by atoms with E-state index in [4.69, 9.17) is 0 Å². The lowest BCUT2D eigenvalue weighted by atomic mass is 10.2. The first-order chi connectivity index (χ1) is 12.5. The van der Waals surface area contributed by atoms with Crippen LogP contribution in [0.1, 0.15) is 11.1 Å². The van der Waals surface area contributed by atoms with Crippen LogP contribution in [0.2, 0.25) is 0 Å². The maximum Gasteiger partial charge on any atom is 0.124 e. The van der Waals surface area contributed by atoms with Gasteiger partial charge in [-0.3, -0.25) is 9.98 Å². The Kier molecular flexibility index (Phi) is 4.85. The molecule has 26 heavy (non-hydrogen) atoms. The molecule has 0 aliphatic heterocycles. The molecule has 3 aromatic carbocycles. The number of nitrogens with zero attached hydrogens (tertiary/aromatic N) is 2. The molecule has 3 rings (SSSR count). The first kappa shape index (κ1) is 17.0. The molecule has 0 amide bonds. The largest absolute Gasteiger partial charge is 0.508 e.